The van der Waals surface area contributed by atoms with Crippen molar-refractivity contribution in [3.63, 3.8) is 0 Å². The number of fused-ring (bicyclic) bond motifs is 14. The first kappa shape index (κ1) is 28.1. The summed E-state index contributed by atoms with van der Waals surface area (Å²) in [5, 5.41) is 1.03. The summed E-state index contributed by atoms with van der Waals surface area (Å²) in [5.41, 5.74) is -0.682. The van der Waals surface area contributed by atoms with E-state index in [9.17, 15) is 10.1 Å². The van der Waals surface area contributed by atoms with Gasteiger partial charge in [-0.05, 0) is 33.1 Å². The van der Waals surface area contributed by atoms with Crippen molar-refractivity contribution < 1.29 is 14.4 Å². The number of halogens is 13. The third-order valence-electron chi connectivity index (χ3n) is 7.30. The monoisotopic (exact) mass is 795 g/mol. The van der Waals surface area contributed by atoms with Crippen LogP contribution in [-0.2, 0) is 19.2 Å². The second-order valence-corrected chi connectivity index (χ2v) is 15.3. The molecule has 0 saturated carbocycles. The topological polar surface area (TPSA) is 61.6 Å². The fourth-order valence-corrected chi connectivity index (χ4v) is 12.7. The Kier molecular flexibility index (Phi) is 5.70. The maximum absolute atomic E-state index is 11.9. The van der Waals surface area contributed by atoms with Crippen molar-refractivity contribution >= 4 is 161 Å². The van der Waals surface area contributed by atoms with E-state index in [1.54, 1.807) is 0 Å². The van der Waals surface area contributed by atoms with Crippen LogP contribution in [0, 0.1) is 10.1 Å². The van der Waals surface area contributed by atoms with E-state index < -0.39 is 50.3 Å². The van der Waals surface area contributed by atoms with E-state index in [-0.39, 0.29) is 35.7 Å². The van der Waals surface area contributed by atoms with Gasteiger partial charge >= 0.3 is 0 Å². The maximum Gasteiger partial charge on any atom is 0.283 e. The molecule has 0 aromatic heterocycles. The molecule has 36 heavy (non-hydrogen) atoms. The van der Waals surface area contributed by atoms with E-state index in [1.165, 1.54) is 6.07 Å². The summed E-state index contributed by atoms with van der Waals surface area (Å²) in [6.45, 7) is 0. The zero-order chi connectivity index (χ0) is 27.0. The first-order valence-corrected chi connectivity index (χ1v) is 14.6. The van der Waals surface area contributed by atoms with Crippen molar-refractivity contribution in [2.24, 2.45) is 0 Å². The van der Waals surface area contributed by atoms with Crippen molar-refractivity contribution in [1.29, 1.82) is 0 Å². The third-order valence-corrected chi connectivity index (χ3v) is 16.4. The van der Waals surface area contributed by atoms with E-state index in [0.717, 1.165) is 6.07 Å². The van der Waals surface area contributed by atoms with Crippen LogP contribution < -0.4 is 0 Å². The third kappa shape index (κ3) is 2.22. The van der Waals surface area contributed by atoms with Crippen LogP contribution >= 0.6 is 155 Å². The molecule has 0 unspecified atom stereocenters. The Morgan fingerprint density at radius 1 is 0.667 bits per heavy atom. The summed E-state index contributed by atoms with van der Waals surface area (Å²) in [6, 6.07) is 2.31. The second-order valence-electron chi connectivity index (χ2n) is 8.58. The Balaban J connectivity index is 1.91. The number of nitrogens with zero attached hydrogens (tertiary/aromatic N) is 1. The number of benzene rings is 1. The molecule has 0 spiro atoms. The number of hydrogen-bond acceptors (Lipinski definition) is 4. The zero-order valence-electron chi connectivity index (χ0n) is 16.1. The van der Waals surface area contributed by atoms with Gasteiger partial charge in [0, 0.05) is 6.07 Å². The predicted molar refractivity (Wildman–Crippen MR) is 147 cm³/mol. The Labute approximate surface area is 270 Å². The summed E-state index contributed by atoms with van der Waals surface area (Å²) in [5.74, 6) is 0. The number of nitro benzene ring substituents is 1. The predicted octanol–water partition coefficient (Wildman–Crippen LogP) is 9.40. The molecule has 5 nitrogen and oxygen atoms in total. The molecule has 8 atom stereocenters. The lowest BCUT2D eigenvalue weighted by Crippen LogP contribution is -2.80. The SMILES string of the molecule is O=[N+]([O-])c1cc2c(cc1Br)[C@@]1(Cl)[C@@](Cl)([C@]3(Cl)[C@]2(Cl)[C@@]2(Cl)O[C@@]3(Cl)C(Cl)=C2Cl)[C@@]2(Cl)O[C@]1(Cl)C(Cl)=C2Cl. The molecule has 6 rings (SSSR count). The van der Waals surface area contributed by atoms with Gasteiger partial charge in [0.1, 0.15) is 19.5 Å². The first-order valence-electron chi connectivity index (χ1n) is 9.27. The van der Waals surface area contributed by atoms with Crippen molar-refractivity contribution in [1.82, 2.24) is 0 Å². The van der Waals surface area contributed by atoms with E-state index in [1.807, 2.05) is 0 Å². The van der Waals surface area contributed by atoms with Gasteiger partial charge in [0.2, 0.25) is 20.2 Å². The quantitative estimate of drug-likeness (QED) is 0.161. The van der Waals surface area contributed by atoms with Crippen LogP contribution in [0.2, 0.25) is 0 Å². The second kappa shape index (κ2) is 7.30. The summed E-state index contributed by atoms with van der Waals surface area (Å²) in [6.07, 6.45) is 0. The molecule has 2 fully saturated rings. The van der Waals surface area contributed by atoms with Gasteiger partial charge in [-0.1, -0.05) is 92.8 Å². The number of hydrogen-bond donors (Lipinski definition) is 0. The summed E-state index contributed by atoms with van der Waals surface area (Å²) in [7, 11) is 0. The molecule has 1 aliphatic carbocycles. The van der Waals surface area contributed by atoms with E-state index in [4.69, 9.17) is 149 Å². The van der Waals surface area contributed by atoms with Gasteiger partial charge in [-0.25, -0.2) is 0 Å². The van der Waals surface area contributed by atoms with Gasteiger partial charge in [0.25, 0.3) is 5.69 Å². The Hall–Kier alpha value is 1.98. The lowest BCUT2D eigenvalue weighted by atomic mass is 9.55. The number of ether oxygens (including phenoxy) is 2. The smallest absolute Gasteiger partial charge is 0.283 e. The Bertz CT molecular complexity index is 1440. The normalized spacial score (nSPS) is 52.1. The number of nitro groups is 1. The van der Waals surface area contributed by atoms with E-state index in [2.05, 4.69) is 15.9 Å². The molecule has 0 radical (unpaired) electrons. The minimum atomic E-state index is -2.53. The summed E-state index contributed by atoms with van der Waals surface area (Å²) >= 11 is 86.4. The number of rotatable bonds is 1. The van der Waals surface area contributed by atoms with Gasteiger partial charge in [-0.2, -0.15) is 0 Å². The average Bonchev–Trinajstić information content (AvgIpc) is 3.24. The first-order chi connectivity index (χ1) is 16.2. The standard InChI is InChI=1S/C18H2BrCl12NO4/c19-5-1-3-4(2-6(5)32(33)34)12(25)14(27)8(21)10(23)16(29,36-14)18(12,31)17(30)11(3,24)13(26)7(20)9(22)15(17,28)35-13/h1-2H/t11-,12+,13+,14-,15-,16-,17-,18-/m0/s1. The van der Waals surface area contributed by atoms with Crippen LogP contribution in [0.1, 0.15) is 11.1 Å². The zero-order valence-corrected chi connectivity index (χ0v) is 26.8. The number of alkyl halides is 8. The molecule has 4 heterocycles. The maximum atomic E-state index is 11.9. The van der Waals surface area contributed by atoms with Crippen LogP contribution in [-0.4, -0.2) is 34.9 Å². The highest BCUT2D eigenvalue weighted by Gasteiger charge is 3.02. The van der Waals surface area contributed by atoms with Crippen LogP contribution in [0.25, 0.3) is 0 Å². The molecular weight excluding hydrogens is 800 g/mol. The molecule has 18 heteroatoms. The van der Waals surface area contributed by atoms with Gasteiger partial charge in [-0.15, -0.1) is 46.4 Å². The highest BCUT2D eigenvalue weighted by molar-refractivity contribution is 9.10. The van der Waals surface area contributed by atoms with Crippen LogP contribution in [0.15, 0.2) is 36.7 Å². The fourth-order valence-electron chi connectivity index (χ4n) is 5.81. The van der Waals surface area contributed by atoms with Crippen LogP contribution in [0.3, 0.4) is 0 Å². The molecule has 0 amide bonds. The van der Waals surface area contributed by atoms with Gasteiger partial charge < -0.3 is 9.47 Å². The highest BCUT2D eigenvalue weighted by atomic mass is 79.9. The van der Waals surface area contributed by atoms with E-state index >= 15 is 0 Å². The average molecular weight is 802 g/mol. The molecule has 194 valence electrons. The van der Waals surface area contributed by atoms with Crippen molar-refractivity contribution in [3.05, 3.63) is 58.0 Å². The van der Waals surface area contributed by atoms with Gasteiger partial charge in [0.05, 0.1) is 29.5 Å². The van der Waals surface area contributed by atoms with Crippen molar-refractivity contribution in [2.45, 2.75) is 39.7 Å². The fraction of sp³-hybridized carbons (Fsp3) is 0.444. The minimum absolute atomic E-state index is 0.0431. The van der Waals surface area contributed by atoms with Gasteiger partial charge in [0.15, 0.2) is 0 Å². The summed E-state index contributed by atoms with van der Waals surface area (Å²) < 4.78 is 11.8. The molecule has 2 saturated heterocycles. The summed E-state index contributed by atoms with van der Waals surface area (Å²) in [4.78, 5) is 1.56. The Morgan fingerprint density at radius 3 is 1.36 bits per heavy atom. The molecule has 4 bridgehead atoms. The molecular formula is C18H2BrCl12NO4. The lowest BCUT2D eigenvalue weighted by molar-refractivity contribution is -0.385. The highest BCUT2D eigenvalue weighted by Crippen LogP contribution is 2.90. The minimum Gasteiger partial charge on any atom is -0.323 e. The van der Waals surface area contributed by atoms with Crippen LogP contribution in [0.5, 0.6) is 0 Å². The van der Waals surface area contributed by atoms with E-state index in [0.29, 0.717) is 0 Å². The molecule has 0 N–H and O–H groups in total. The van der Waals surface area contributed by atoms with Crippen molar-refractivity contribution in [3.8, 4) is 0 Å². The molecule has 1 aromatic rings. The van der Waals surface area contributed by atoms with Crippen molar-refractivity contribution in [2.75, 3.05) is 0 Å². The largest absolute Gasteiger partial charge is 0.323 e. The van der Waals surface area contributed by atoms with Gasteiger partial charge in [-0.3, -0.25) is 10.1 Å². The lowest BCUT2D eigenvalue weighted by Gasteiger charge is -2.64. The molecule has 5 aliphatic rings. The van der Waals surface area contributed by atoms with Crippen LogP contribution in [0.4, 0.5) is 5.69 Å². The Morgan fingerprint density at radius 2 is 1.00 bits per heavy atom. The molecule has 4 aliphatic heterocycles. The molecule has 1 aromatic carbocycles.